The predicted molar refractivity (Wildman–Crippen MR) is 174 cm³/mol. The average molecular weight is 693 g/mol. The van der Waals surface area contributed by atoms with Gasteiger partial charge in [-0.1, -0.05) is 35.7 Å². The number of aromatic hydroxyl groups is 1. The standard InChI is InChI=1S/C29H24N8O7S3/c1-10-11(2)32-23-18(31-10)21(39)15(8-30-23)24(40)33-17(13-4-6-14(38)7-5-13)25(41)34-19-27(42)37-20(29(43)44)16(9-46-28(19)37)22(45)26-36-35-12(3)47-26/h4-8,17,19,28,38H,9H2,1-3H3,(H,33,40)(H,34,41)(H,43,44)(H,30,32,39)/t17?,19?,28-/m0/s1. The lowest BCUT2D eigenvalue weighted by Crippen LogP contribution is -2.71. The van der Waals surface area contributed by atoms with Crippen LogP contribution in [0.2, 0.25) is 0 Å². The summed E-state index contributed by atoms with van der Waals surface area (Å²) in [6.07, 6.45) is 1.17. The Balaban J connectivity index is 1.26. The Hall–Kier alpha value is -5.07. The highest BCUT2D eigenvalue weighted by Gasteiger charge is 2.55. The minimum absolute atomic E-state index is 0.0525. The molecule has 15 nitrogen and oxygen atoms in total. The van der Waals surface area contributed by atoms with Gasteiger partial charge in [-0.3, -0.25) is 24.1 Å². The molecule has 3 amide bonds. The molecule has 3 aromatic heterocycles. The van der Waals surface area contributed by atoms with Crippen LogP contribution in [0.15, 0.2) is 46.5 Å². The summed E-state index contributed by atoms with van der Waals surface area (Å²) < 4.78 is 0. The number of hydrogen-bond acceptors (Lipinski definition) is 13. The number of pyridine rings is 1. The molecule has 0 radical (unpaired) electrons. The van der Waals surface area contributed by atoms with Crippen LogP contribution >= 0.6 is 35.3 Å². The first-order valence-electron chi connectivity index (χ1n) is 13.9. The Morgan fingerprint density at radius 1 is 1.09 bits per heavy atom. The zero-order chi connectivity index (χ0) is 33.7. The molecule has 240 valence electrons. The second-order valence-corrected chi connectivity index (χ2v) is 13.3. The van der Waals surface area contributed by atoms with Crippen molar-refractivity contribution < 1.29 is 29.4 Å². The number of nitrogens with zero attached hydrogens (tertiary/aromatic N) is 5. The third-order valence-electron chi connectivity index (χ3n) is 7.59. The number of rotatable bonds is 8. The van der Waals surface area contributed by atoms with Gasteiger partial charge in [0, 0.05) is 17.5 Å². The molecule has 0 saturated carbocycles. The zero-order valence-electron chi connectivity index (χ0n) is 24.7. The number of carbonyl (C=O) groups excluding carboxylic acids is 3. The number of H-pyrrole nitrogens is 1. The highest BCUT2D eigenvalue weighted by molar-refractivity contribution is 8.00. The van der Waals surface area contributed by atoms with Crippen LogP contribution in [0.1, 0.15) is 43.4 Å². The number of aryl methyl sites for hydroxylation is 3. The number of amides is 3. The molecule has 1 aromatic carbocycles. The van der Waals surface area contributed by atoms with E-state index in [0.29, 0.717) is 21.4 Å². The molecule has 6 rings (SSSR count). The van der Waals surface area contributed by atoms with Gasteiger partial charge in [0.2, 0.25) is 11.3 Å². The monoisotopic (exact) mass is 692 g/mol. The third kappa shape index (κ3) is 5.74. The minimum atomic E-state index is -1.42. The van der Waals surface area contributed by atoms with Crippen molar-refractivity contribution in [2.24, 2.45) is 0 Å². The van der Waals surface area contributed by atoms with E-state index in [9.17, 15) is 34.2 Å². The van der Waals surface area contributed by atoms with E-state index in [0.717, 1.165) is 4.90 Å². The predicted octanol–water partition coefficient (Wildman–Crippen LogP) is 1.43. The smallest absolute Gasteiger partial charge is 0.353 e. The van der Waals surface area contributed by atoms with Crippen LogP contribution in [0.3, 0.4) is 0 Å². The lowest BCUT2D eigenvalue weighted by Gasteiger charge is -2.49. The first kappa shape index (κ1) is 31.9. The molecule has 0 spiro atoms. The van der Waals surface area contributed by atoms with Gasteiger partial charge in [-0.2, -0.15) is 0 Å². The number of carboxylic acid groups (broad SMARTS) is 1. The molecule has 0 bridgehead atoms. The van der Waals surface area contributed by atoms with E-state index >= 15 is 0 Å². The average Bonchev–Trinajstić information content (AvgIpc) is 3.48. The minimum Gasteiger partial charge on any atom is -0.508 e. The van der Waals surface area contributed by atoms with Crippen molar-refractivity contribution in [2.75, 3.05) is 5.75 Å². The third-order valence-corrected chi connectivity index (χ3v) is 10.3. The van der Waals surface area contributed by atoms with Crippen molar-refractivity contribution >= 4 is 75.0 Å². The van der Waals surface area contributed by atoms with Crippen LogP contribution in [0.25, 0.3) is 11.2 Å². The molecule has 2 aliphatic rings. The van der Waals surface area contributed by atoms with Crippen molar-refractivity contribution in [2.45, 2.75) is 38.2 Å². The Bertz CT molecular complexity index is 2110. The maximum Gasteiger partial charge on any atom is 0.353 e. The van der Waals surface area contributed by atoms with Gasteiger partial charge in [0.25, 0.3) is 11.8 Å². The van der Waals surface area contributed by atoms with Gasteiger partial charge in [0.1, 0.15) is 39.5 Å². The molecule has 2 aliphatic heterocycles. The number of aliphatic carboxylic acids is 1. The molecule has 0 aliphatic carbocycles. The highest BCUT2D eigenvalue weighted by Crippen LogP contribution is 2.41. The number of phenols is 1. The van der Waals surface area contributed by atoms with Crippen molar-refractivity contribution in [1.82, 2.24) is 40.7 Å². The van der Waals surface area contributed by atoms with E-state index in [2.05, 4.69) is 35.8 Å². The number of aromatic nitrogens is 5. The molecule has 5 N–H and O–H groups in total. The van der Waals surface area contributed by atoms with E-state index in [1.165, 1.54) is 53.6 Å². The van der Waals surface area contributed by atoms with Crippen LogP contribution in [0.4, 0.5) is 0 Å². The Kier molecular flexibility index (Phi) is 8.33. The molecule has 1 saturated heterocycles. The zero-order valence-corrected chi connectivity index (χ0v) is 27.2. The summed E-state index contributed by atoms with van der Waals surface area (Å²) in [6, 6.07) is 2.87. The fourth-order valence-electron chi connectivity index (χ4n) is 5.09. The summed E-state index contributed by atoms with van der Waals surface area (Å²) >= 11 is 7.92. The number of hydrogen-bond donors (Lipinski definition) is 5. The number of carbonyl (C=O) groups is 4. The van der Waals surface area contributed by atoms with E-state index in [4.69, 9.17) is 12.2 Å². The Labute approximate surface area is 278 Å². The van der Waals surface area contributed by atoms with Crippen molar-refractivity contribution in [3.8, 4) is 5.75 Å². The number of phenolic OH excluding ortho intramolecular Hbond substituents is 1. The van der Waals surface area contributed by atoms with E-state index in [-0.39, 0.29) is 49.9 Å². The van der Waals surface area contributed by atoms with Gasteiger partial charge in [-0.15, -0.1) is 22.0 Å². The quantitative estimate of drug-likeness (QED) is 0.100. The summed E-state index contributed by atoms with van der Waals surface area (Å²) in [4.78, 5) is 78.7. The van der Waals surface area contributed by atoms with Crippen LogP contribution in [0, 0.1) is 20.8 Å². The summed E-state index contributed by atoms with van der Waals surface area (Å²) in [5, 5.41) is 33.2. The number of β-lactam (4-membered cyclic amide) rings is 1. The Morgan fingerprint density at radius 2 is 1.79 bits per heavy atom. The highest BCUT2D eigenvalue weighted by atomic mass is 32.2. The second kappa shape index (κ2) is 12.3. The molecule has 2 unspecified atom stereocenters. The van der Waals surface area contributed by atoms with Crippen LogP contribution in [-0.4, -0.2) is 86.0 Å². The summed E-state index contributed by atoms with van der Waals surface area (Å²) in [6.45, 7) is 5.14. The molecular formula is C29H24N8O7S3. The lowest BCUT2D eigenvalue weighted by molar-refractivity contribution is -0.150. The topological polar surface area (TPSA) is 220 Å². The number of thiocarbonyl (C=S) groups is 1. The largest absolute Gasteiger partial charge is 0.508 e. The molecule has 3 atom stereocenters. The maximum absolute atomic E-state index is 13.7. The van der Waals surface area contributed by atoms with Crippen molar-refractivity contribution in [3.63, 3.8) is 0 Å². The number of benzene rings is 1. The first-order chi connectivity index (χ1) is 22.3. The summed E-state index contributed by atoms with van der Waals surface area (Å²) in [5.74, 6) is -3.73. The fourth-order valence-corrected chi connectivity index (χ4v) is 7.53. The second-order valence-electron chi connectivity index (χ2n) is 10.6. The molecule has 18 heteroatoms. The Morgan fingerprint density at radius 3 is 2.45 bits per heavy atom. The van der Waals surface area contributed by atoms with Gasteiger partial charge >= 0.3 is 5.97 Å². The summed E-state index contributed by atoms with van der Waals surface area (Å²) in [5.41, 5.74) is 0.404. The summed E-state index contributed by atoms with van der Waals surface area (Å²) in [7, 11) is 0. The molecule has 5 heterocycles. The molecular weight excluding hydrogens is 669 g/mol. The van der Waals surface area contributed by atoms with Crippen LogP contribution in [0.5, 0.6) is 5.75 Å². The number of thioether (sulfide) groups is 1. The fraction of sp³-hybridized carbons (Fsp3) is 0.241. The van der Waals surface area contributed by atoms with Gasteiger partial charge in [0.15, 0.2) is 16.2 Å². The van der Waals surface area contributed by atoms with E-state index in [1.54, 1.807) is 20.8 Å². The first-order valence-corrected chi connectivity index (χ1v) is 16.2. The number of nitrogens with one attached hydrogen (secondary N) is 3. The molecule has 1 fully saturated rings. The van der Waals surface area contributed by atoms with Crippen LogP contribution in [-0.2, 0) is 14.4 Å². The van der Waals surface area contributed by atoms with Gasteiger partial charge < -0.3 is 25.8 Å². The van der Waals surface area contributed by atoms with Gasteiger partial charge in [0.05, 0.1) is 16.3 Å². The van der Waals surface area contributed by atoms with Gasteiger partial charge in [-0.05, 0) is 38.5 Å². The number of aromatic amines is 1. The maximum atomic E-state index is 13.7. The van der Waals surface area contributed by atoms with Gasteiger partial charge in [-0.25, -0.2) is 14.8 Å². The van der Waals surface area contributed by atoms with E-state index in [1.807, 2.05) is 0 Å². The SMILES string of the molecule is Cc1nnc(C(=S)C2=C(C(=O)O)N3C(=O)C(NC(=O)C(NC(=O)c4c[nH]c5nc(C)c(C)nc5c4=O)c4ccc(O)cc4)[C@@H]3SC2)s1. The number of carboxylic acids is 1. The van der Waals surface area contributed by atoms with Crippen molar-refractivity contribution in [3.05, 3.63) is 84.5 Å². The van der Waals surface area contributed by atoms with Crippen molar-refractivity contribution in [1.29, 1.82) is 0 Å². The molecule has 4 aromatic rings. The normalized spacial score (nSPS) is 17.9. The molecule has 47 heavy (non-hydrogen) atoms. The van der Waals surface area contributed by atoms with E-state index < -0.39 is 46.6 Å². The lowest BCUT2D eigenvalue weighted by atomic mass is 9.99. The van der Waals surface area contributed by atoms with Crippen LogP contribution < -0.4 is 16.1 Å². The number of fused-ring (bicyclic) bond motifs is 2.